The van der Waals surface area contributed by atoms with Crippen LogP contribution in [-0.4, -0.2) is 42.4 Å². The summed E-state index contributed by atoms with van der Waals surface area (Å²) in [6.07, 6.45) is 0.502. The number of rotatable bonds is 5. The molecule has 0 atom stereocenters. The third-order valence-electron chi connectivity index (χ3n) is 2.16. The van der Waals surface area contributed by atoms with Crippen LogP contribution in [-0.2, 0) is 10.5 Å². The first-order chi connectivity index (χ1) is 8.65. The molecule has 0 bridgehead atoms. The minimum absolute atomic E-state index is 0.0958. The molecule has 98 valence electrons. The second-order valence-electron chi connectivity index (χ2n) is 3.81. The highest BCUT2D eigenvalue weighted by atomic mass is 32.2. The maximum Gasteiger partial charge on any atom is 0.232 e. The van der Waals surface area contributed by atoms with Crippen LogP contribution in [0.15, 0.2) is 11.4 Å². The zero-order chi connectivity index (χ0) is 13.4. The average molecular weight is 283 g/mol. The molecule has 0 spiro atoms. The molecule has 3 nitrogen and oxygen atoms in total. The molecule has 0 radical (unpaired) electrons. The van der Waals surface area contributed by atoms with E-state index in [-0.39, 0.29) is 12.5 Å². The van der Waals surface area contributed by atoms with E-state index in [9.17, 15) is 4.79 Å². The van der Waals surface area contributed by atoms with E-state index in [0.29, 0.717) is 12.2 Å². The van der Waals surface area contributed by atoms with Gasteiger partial charge in [-0.15, -0.1) is 23.1 Å². The van der Waals surface area contributed by atoms with Crippen molar-refractivity contribution in [3.8, 4) is 11.8 Å². The number of hydrogen-bond acceptors (Lipinski definition) is 4. The fourth-order valence-corrected chi connectivity index (χ4v) is 3.15. The van der Waals surface area contributed by atoms with Gasteiger partial charge in [0, 0.05) is 36.7 Å². The summed E-state index contributed by atoms with van der Waals surface area (Å²) in [7, 11) is 3.53. The van der Waals surface area contributed by atoms with Gasteiger partial charge in [0.2, 0.25) is 5.91 Å². The highest BCUT2D eigenvalue weighted by Gasteiger charge is 2.06. The number of aliphatic hydroxyl groups is 1. The van der Waals surface area contributed by atoms with E-state index >= 15 is 0 Å². The number of carbonyl (C=O) groups excluding carboxylic acids is 1. The van der Waals surface area contributed by atoms with E-state index in [1.54, 1.807) is 42.1 Å². The van der Waals surface area contributed by atoms with Crippen LogP contribution in [0.5, 0.6) is 0 Å². The van der Waals surface area contributed by atoms with Gasteiger partial charge in [-0.2, -0.15) is 0 Å². The minimum atomic E-state index is 0.0958. The molecule has 0 unspecified atom stereocenters. The molecule has 0 fully saturated rings. The normalized spacial score (nSPS) is 9.72. The molecule has 1 heterocycles. The van der Waals surface area contributed by atoms with E-state index in [4.69, 9.17) is 5.11 Å². The van der Waals surface area contributed by atoms with E-state index in [2.05, 4.69) is 11.8 Å². The molecule has 0 saturated heterocycles. The number of thiophene rings is 1. The van der Waals surface area contributed by atoms with Crippen molar-refractivity contribution in [2.45, 2.75) is 12.2 Å². The summed E-state index contributed by atoms with van der Waals surface area (Å²) in [5.74, 6) is 7.39. The summed E-state index contributed by atoms with van der Waals surface area (Å²) in [6.45, 7) is 0.0958. The molecule has 18 heavy (non-hydrogen) atoms. The summed E-state index contributed by atoms with van der Waals surface area (Å²) < 4.78 is 0. The molecule has 0 aliphatic rings. The quantitative estimate of drug-likeness (QED) is 0.838. The van der Waals surface area contributed by atoms with Gasteiger partial charge in [0.15, 0.2) is 0 Å². The monoisotopic (exact) mass is 283 g/mol. The van der Waals surface area contributed by atoms with Crippen molar-refractivity contribution in [3.63, 3.8) is 0 Å². The lowest BCUT2D eigenvalue weighted by atomic mass is 10.2. The lowest BCUT2D eigenvalue weighted by molar-refractivity contribution is -0.125. The molecule has 0 aliphatic heterocycles. The lowest BCUT2D eigenvalue weighted by Gasteiger charge is -2.09. The highest BCUT2D eigenvalue weighted by molar-refractivity contribution is 7.99. The van der Waals surface area contributed by atoms with Crippen molar-refractivity contribution in [2.24, 2.45) is 0 Å². The SMILES string of the molecule is CN(C)C(=O)CSCc1sccc1C#CCCO. The molecule has 0 aromatic carbocycles. The van der Waals surface area contributed by atoms with Crippen molar-refractivity contribution in [1.82, 2.24) is 4.90 Å². The summed E-state index contributed by atoms with van der Waals surface area (Å²) in [4.78, 5) is 14.2. The van der Waals surface area contributed by atoms with Crippen LogP contribution in [0.25, 0.3) is 0 Å². The number of thioether (sulfide) groups is 1. The van der Waals surface area contributed by atoms with Crippen molar-refractivity contribution >= 4 is 29.0 Å². The second-order valence-corrected chi connectivity index (χ2v) is 5.80. The largest absolute Gasteiger partial charge is 0.395 e. The number of hydrogen-bond donors (Lipinski definition) is 1. The number of amides is 1. The summed E-state index contributed by atoms with van der Waals surface area (Å²) in [5, 5.41) is 10.7. The number of carbonyl (C=O) groups is 1. The molecule has 1 amide bonds. The van der Waals surface area contributed by atoms with Crippen molar-refractivity contribution < 1.29 is 9.90 Å². The Hall–Kier alpha value is -0.960. The Morgan fingerprint density at radius 1 is 1.56 bits per heavy atom. The molecule has 1 N–H and O–H groups in total. The van der Waals surface area contributed by atoms with Gasteiger partial charge in [-0.05, 0) is 11.4 Å². The third-order valence-corrected chi connectivity index (χ3v) is 4.21. The predicted molar refractivity (Wildman–Crippen MR) is 77.8 cm³/mol. The molecule has 1 aromatic rings. The maximum absolute atomic E-state index is 11.4. The van der Waals surface area contributed by atoms with Crippen LogP contribution in [0.2, 0.25) is 0 Å². The van der Waals surface area contributed by atoms with E-state index in [0.717, 1.165) is 11.3 Å². The molecule has 1 aromatic heterocycles. The van der Waals surface area contributed by atoms with Gasteiger partial charge in [0.05, 0.1) is 12.4 Å². The van der Waals surface area contributed by atoms with Gasteiger partial charge in [-0.3, -0.25) is 4.79 Å². The molecular weight excluding hydrogens is 266 g/mol. The Kier molecular flexibility index (Phi) is 6.88. The fourth-order valence-electron chi connectivity index (χ4n) is 1.14. The number of aliphatic hydroxyl groups excluding tert-OH is 1. The first-order valence-corrected chi connectivity index (χ1v) is 7.62. The maximum atomic E-state index is 11.4. The van der Waals surface area contributed by atoms with Crippen LogP contribution in [0.3, 0.4) is 0 Å². The standard InChI is InChI=1S/C13H17NO2S2/c1-14(2)13(16)10-17-9-12-11(6-8-18-12)5-3-4-7-15/h6,8,15H,4,7,9-10H2,1-2H3. The van der Waals surface area contributed by atoms with E-state index in [1.165, 1.54) is 4.88 Å². The van der Waals surface area contributed by atoms with Gasteiger partial charge < -0.3 is 10.0 Å². The molecule has 1 rings (SSSR count). The van der Waals surface area contributed by atoms with Gasteiger partial charge in [-0.1, -0.05) is 11.8 Å². The third kappa shape index (κ3) is 5.13. The van der Waals surface area contributed by atoms with E-state index in [1.807, 2.05) is 11.4 Å². The van der Waals surface area contributed by atoms with Gasteiger partial charge >= 0.3 is 0 Å². The summed E-state index contributed by atoms with van der Waals surface area (Å²) >= 11 is 3.26. The molecule has 0 aliphatic carbocycles. The van der Waals surface area contributed by atoms with Crippen LogP contribution in [0.4, 0.5) is 0 Å². The second kappa shape index (κ2) is 8.20. The van der Waals surface area contributed by atoms with Gasteiger partial charge in [-0.25, -0.2) is 0 Å². The zero-order valence-electron chi connectivity index (χ0n) is 10.6. The van der Waals surface area contributed by atoms with Crippen molar-refractivity contribution in [1.29, 1.82) is 0 Å². The summed E-state index contributed by atoms with van der Waals surface area (Å²) in [6, 6.07) is 1.98. The predicted octanol–water partition coefficient (Wildman–Crippen LogP) is 1.80. The molecular formula is C13H17NO2S2. The Balaban J connectivity index is 2.46. The zero-order valence-corrected chi connectivity index (χ0v) is 12.2. The van der Waals surface area contributed by atoms with Crippen LogP contribution in [0.1, 0.15) is 16.9 Å². The Labute approximate surface area is 116 Å². The Morgan fingerprint density at radius 3 is 3.00 bits per heavy atom. The summed E-state index contributed by atoms with van der Waals surface area (Å²) in [5.41, 5.74) is 1.01. The molecule has 5 heteroatoms. The minimum Gasteiger partial charge on any atom is -0.395 e. The van der Waals surface area contributed by atoms with Crippen LogP contribution in [0, 0.1) is 11.8 Å². The topological polar surface area (TPSA) is 40.5 Å². The first kappa shape index (κ1) is 15.1. The molecule has 0 saturated carbocycles. The van der Waals surface area contributed by atoms with Crippen LogP contribution >= 0.6 is 23.1 Å². The van der Waals surface area contributed by atoms with Crippen molar-refractivity contribution in [3.05, 3.63) is 21.9 Å². The smallest absolute Gasteiger partial charge is 0.232 e. The fraction of sp³-hybridized carbons (Fsp3) is 0.462. The lowest BCUT2D eigenvalue weighted by Crippen LogP contribution is -2.23. The van der Waals surface area contributed by atoms with Gasteiger partial charge in [0.1, 0.15) is 0 Å². The highest BCUT2D eigenvalue weighted by Crippen LogP contribution is 2.22. The number of nitrogens with zero attached hydrogens (tertiary/aromatic N) is 1. The first-order valence-electron chi connectivity index (χ1n) is 5.59. The Morgan fingerprint density at radius 2 is 2.33 bits per heavy atom. The average Bonchev–Trinajstić information content (AvgIpc) is 2.77. The van der Waals surface area contributed by atoms with E-state index < -0.39 is 0 Å². The van der Waals surface area contributed by atoms with Crippen molar-refractivity contribution in [2.75, 3.05) is 26.5 Å². The van der Waals surface area contributed by atoms with Crippen LogP contribution < -0.4 is 0 Å². The van der Waals surface area contributed by atoms with Gasteiger partial charge in [0.25, 0.3) is 0 Å². The Bertz CT molecular complexity index is 443.